The van der Waals surface area contributed by atoms with Crippen molar-refractivity contribution in [1.82, 2.24) is 0 Å². The first kappa shape index (κ1) is 28.9. The molecule has 10 unspecified atom stereocenters. The van der Waals surface area contributed by atoms with Crippen LogP contribution in [0.2, 0.25) is 0 Å². The van der Waals surface area contributed by atoms with Crippen molar-refractivity contribution in [3.8, 4) is 0 Å². The molecule has 0 spiro atoms. The van der Waals surface area contributed by atoms with Gasteiger partial charge in [-0.3, -0.25) is 9.59 Å². The van der Waals surface area contributed by atoms with Crippen LogP contribution in [0, 0.1) is 58.7 Å². The third-order valence-corrected chi connectivity index (χ3v) is 12.5. The Bertz CT molecular complexity index is 934. The second kappa shape index (κ2) is 11.0. The highest BCUT2D eigenvalue weighted by molar-refractivity contribution is 5.80. The summed E-state index contributed by atoms with van der Waals surface area (Å²) in [5.41, 5.74) is -0.464. The van der Waals surface area contributed by atoms with Crippen molar-refractivity contribution in [2.75, 3.05) is 6.61 Å². The molecule has 6 fully saturated rings. The highest BCUT2D eigenvalue weighted by Gasteiger charge is 2.65. The average Bonchev–Trinajstić information content (AvgIpc) is 3.74. The van der Waals surface area contributed by atoms with Crippen molar-refractivity contribution in [3.63, 3.8) is 0 Å². The maximum atomic E-state index is 12.3. The summed E-state index contributed by atoms with van der Waals surface area (Å²) in [7, 11) is 0. The summed E-state index contributed by atoms with van der Waals surface area (Å²) in [4.78, 5) is 35.8. The molecule has 4 bridgehead atoms. The van der Waals surface area contributed by atoms with E-state index in [1.54, 1.807) is 0 Å². The van der Waals surface area contributed by atoms with Gasteiger partial charge in [-0.15, -0.1) is 0 Å². The molecule has 1 heterocycles. The van der Waals surface area contributed by atoms with Gasteiger partial charge in [-0.1, -0.05) is 27.7 Å². The standard InChI is InChI=1S/C20H28O4.C13H24O2/c1-9-10(2)14-8-13(9)18-12-5-11(15(6-12)19(14)18)7-17(21)24-16-3-4-23-20(16)22;1-5-12(3,4)11(14)15-13(6-2)9-7-8-10-13/h9-16,18-19H,3-8H2,1-2H3;5-10H2,1-4H3. The topological polar surface area (TPSA) is 78.9 Å². The van der Waals surface area contributed by atoms with E-state index < -0.39 is 6.10 Å². The minimum atomic E-state index is -0.646. The third-order valence-electron chi connectivity index (χ3n) is 12.5. The largest absolute Gasteiger partial charge is 0.463 e. The Balaban J connectivity index is 0.000000179. The van der Waals surface area contributed by atoms with E-state index in [2.05, 4.69) is 20.8 Å². The Kier molecular flexibility index (Phi) is 8.16. The molecule has 220 valence electrons. The van der Waals surface area contributed by atoms with Crippen LogP contribution in [0.15, 0.2) is 0 Å². The molecule has 5 saturated carbocycles. The second-order valence-corrected chi connectivity index (χ2v) is 14.6. The molecule has 0 amide bonds. The van der Waals surface area contributed by atoms with Crippen molar-refractivity contribution in [2.24, 2.45) is 58.7 Å². The first-order valence-corrected chi connectivity index (χ1v) is 16.1. The quantitative estimate of drug-likeness (QED) is 0.201. The normalized spacial score (nSPS) is 41.1. The van der Waals surface area contributed by atoms with Crippen molar-refractivity contribution in [1.29, 1.82) is 0 Å². The van der Waals surface area contributed by atoms with Crippen LogP contribution in [-0.2, 0) is 28.6 Å². The number of rotatable bonds is 7. The van der Waals surface area contributed by atoms with E-state index in [9.17, 15) is 14.4 Å². The first-order chi connectivity index (χ1) is 18.5. The number of ether oxygens (including phenoxy) is 3. The predicted octanol–water partition coefficient (Wildman–Crippen LogP) is 6.73. The van der Waals surface area contributed by atoms with E-state index in [-0.39, 0.29) is 28.9 Å². The lowest BCUT2D eigenvalue weighted by Crippen LogP contribution is -2.39. The van der Waals surface area contributed by atoms with E-state index in [1.165, 1.54) is 32.1 Å². The average molecular weight is 545 g/mol. The first-order valence-electron chi connectivity index (χ1n) is 16.1. The summed E-state index contributed by atoms with van der Waals surface area (Å²) in [6, 6.07) is 0. The SMILES string of the molecule is CC1C(C)C2CC1C1C3CC(CC(=O)OC4CCOC4=O)C(C3)C21.CCC1(OC(=O)C(C)(C)CC)CCCC1. The molecule has 0 radical (unpaired) electrons. The van der Waals surface area contributed by atoms with Crippen LogP contribution in [0.4, 0.5) is 0 Å². The fourth-order valence-electron chi connectivity index (χ4n) is 9.63. The van der Waals surface area contributed by atoms with Crippen LogP contribution in [0.5, 0.6) is 0 Å². The maximum Gasteiger partial charge on any atom is 0.347 e. The van der Waals surface area contributed by atoms with Gasteiger partial charge in [0.25, 0.3) is 0 Å². The molecule has 10 atom stereocenters. The van der Waals surface area contributed by atoms with Gasteiger partial charge in [0.2, 0.25) is 6.10 Å². The van der Waals surface area contributed by atoms with Gasteiger partial charge in [0, 0.05) is 12.8 Å². The molecule has 39 heavy (non-hydrogen) atoms. The molecule has 6 heteroatoms. The van der Waals surface area contributed by atoms with Gasteiger partial charge in [-0.25, -0.2) is 4.79 Å². The molecular formula is C33H52O6. The molecular weight excluding hydrogens is 492 g/mol. The third kappa shape index (κ3) is 5.27. The summed E-state index contributed by atoms with van der Waals surface area (Å²) in [6.07, 6.45) is 10.7. The zero-order valence-electron chi connectivity index (χ0n) is 25.2. The number of cyclic esters (lactones) is 1. The number of carbonyl (C=O) groups is 3. The molecule has 0 N–H and O–H groups in total. The van der Waals surface area contributed by atoms with E-state index in [0.717, 1.165) is 73.0 Å². The number of hydrogen-bond donors (Lipinski definition) is 0. The van der Waals surface area contributed by atoms with Crippen molar-refractivity contribution >= 4 is 17.9 Å². The Morgan fingerprint density at radius 2 is 1.64 bits per heavy atom. The van der Waals surface area contributed by atoms with Crippen molar-refractivity contribution in [2.45, 2.75) is 124 Å². The van der Waals surface area contributed by atoms with Gasteiger partial charge in [0.15, 0.2) is 0 Å². The molecule has 6 rings (SSSR count). The number of fused-ring (bicyclic) bond motifs is 9. The van der Waals surface area contributed by atoms with Gasteiger partial charge in [-0.05, 0) is 125 Å². The smallest absolute Gasteiger partial charge is 0.347 e. The predicted molar refractivity (Wildman–Crippen MR) is 148 cm³/mol. The van der Waals surface area contributed by atoms with E-state index in [1.807, 2.05) is 20.8 Å². The Labute approximate surface area is 235 Å². The second-order valence-electron chi connectivity index (χ2n) is 14.6. The van der Waals surface area contributed by atoms with Gasteiger partial charge in [0.05, 0.1) is 12.0 Å². The van der Waals surface area contributed by atoms with Gasteiger partial charge < -0.3 is 14.2 Å². The number of esters is 3. The zero-order valence-corrected chi connectivity index (χ0v) is 25.2. The van der Waals surface area contributed by atoms with Crippen LogP contribution in [0.25, 0.3) is 0 Å². The highest BCUT2D eigenvalue weighted by Crippen LogP contribution is 2.71. The maximum absolute atomic E-state index is 12.3. The number of carbonyl (C=O) groups excluding carboxylic acids is 3. The Morgan fingerprint density at radius 3 is 2.23 bits per heavy atom. The Morgan fingerprint density at radius 1 is 0.974 bits per heavy atom. The molecule has 6 nitrogen and oxygen atoms in total. The van der Waals surface area contributed by atoms with Gasteiger partial charge in [0.1, 0.15) is 5.60 Å². The Hall–Kier alpha value is -1.59. The number of hydrogen-bond acceptors (Lipinski definition) is 6. The van der Waals surface area contributed by atoms with Crippen LogP contribution in [0.1, 0.15) is 112 Å². The minimum absolute atomic E-state index is 0.0197. The lowest BCUT2D eigenvalue weighted by molar-refractivity contribution is -0.170. The molecule has 0 aromatic carbocycles. The summed E-state index contributed by atoms with van der Waals surface area (Å²) in [6.45, 7) is 13.4. The molecule has 1 aliphatic heterocycles. The molecule has 1 saturated heterocycles. The fourth-order valence-corrected chi connectivity index (χ4v) is 9.63. The van der Waals surface area contributed by atoms with Crippen LogP contribution in [-0.4, -0.2) is 36.2 Å². The fraction of sp³-hybridized carbons (Fsp3) is 0.909. The molecule has 0 aromatic heterocycles. The highest BCUT2D eigenvalue weighted by atomic mass is 16.6. The van der Waals surface area contributed by atoms with Gasteiger partial charge >= 0.3 is 17.9 Å². The zero-order chi connectivity index (χ0) is 28.1. The van der Waals surface area contributed by atoms with Crippen molar-refractivity contribution in [3.05, 3.63) is 0 Å². The van der Waals surface area contributed by atoms with Crippen LogP contribution in [0.3, 0.4) is 0 Å². The van der Waals surface area contributed by atoms with Gasteiger partial charge in [-0.2, -0.15) is 0 Å². The lowest BCUT2D eigenvalue weighted by atomic mass is 9.62. The van der Waals surface area contributed by atoms with Crippen molar-refractivity contribution < 1.29 is 28.6 Å². The summed E-state index contributed by atoms with van der Waals surface area (Å²) >= 11 is 0. The lowest BCUT2D eigenvalue weighted by Gasteiger charge is -2.43. The molecule has 0 aromatic rings. The summed E-state index contributed by atoms with van der Waals surface area (Å²) in [5.74, 6) is 6.91. The monoisotopic (exact) mass is 544 g/mol. The van der Waals surface area contributed by atoms with E-state index in [4.69, 9.17) is 14.2 Å². The van der Waals surface area contributed by atoms with Crippen LogP contribution < -0.4 is 0 Å². The van der Waals surface area contributed by atoms with E-state index >= 15 is 0 Å². The minimum Gasteiger partial charge on any atom is -0.463 e. The van der Waals surface area contributed by atoms with Crippen LogP contribution >= 0.6 is 0 Å². The summed E-state index contributed by atoms with van der Waals surface area (Å²) in [5, 5.41) is 0. The summed E-state index contributed by atoms with van der Waals surface area (Å²) < 4.78 is 16.0. The molecule has 6 aliphatic rings. The van der Waals surface area contributed by atoms with E-state index in [0.29, 0.717) is 25.4 Å². The molecule has 5 aliphatic carbocycles.